The predicted molar refractivity (Wildman–Crippen MR) is 160 cm³/mol. The van der Waals surface area contributed by atoms with Gasteiger partial charge in [-0.3, -0.25) is 9.59 Å². The molecule has 0 amide bonds. The largest absolute Gasteiger partial charge is 0.300 e. The average Bonchev–Trinajstić information content (AvgIpc) is 2.86. The van der Waals surface area contributed by atoms with Crippen LogP contribution < -0.4 is 0 Å². The number of hydrogen-bond donors (Lipinski definition) is 0. The number of ketones is 2. The van der Waals surface area contributed by atoms with Crippen molar-refractivity contribution in [3.63, 3.8) is 0 Å². The van der Waals surface area contributed by atoms with E-state index in [-0.39, 0.29) is 11.6 Å². The highest BCUT2D eigenvalue weighted by molar-refractivity contribution is 6.36. The van der Waals surface area contributed by atoms with Gasteiger partial charge in [0.2, 0.25) is 0 Å². The molecule has 0 radical (unpaired) electrons. The Bertz CT molecular complexity index is 1280. The van der Waals surface area contributed by atoms with E-state index in [1.54, 1.807) is 13.8 Å². The van der Waals surface area contributed by atoms with Crippen LogP contribution in [0.2, 0.25) is 20.1 Å². The predicted octanol–water partition coefficient (Wildman–Crippen LogP) is 9.43. The van der Waals surface area contributed by atoms with E-state index >= 15 is 0 Å². The molecule has 38 heavy (non-hydrogen) atoms. The van der Waals surface area contributed by atoms with Gasteiger partial charge in [0.15, 0.2) is 0 Å². The molecule has 0 bridgehead atoms. The summed E-state index contributed by atoms with van der Waals surface area (Å²) in [4.78, 5) is 22.6. The van der Waals surface area contributed by atoms with E-state index in [1.807, 2.05) is 84.9 Å². The van der Waals surface area contributed by atoms with Gasteiger partial charge >= 0.3 is 0 Å². The highest BCUT2D eigenvalue weighted by Crippen LogP contribution is 2.29. The summed E-state index contributed by atoms with van der Waals surface area (Å²) in [5, 5.41) is 2.63. The molecule has 4 aromatic rings. The van der Waals surface area contributed by atoms with Crippen LogP contribution in [0.5, 0.6) is 0 Å². The molecule has 0 heterocycles. The second-order valence-corrected chi connectivity index (χ2v) is 10.7. The molecular formula is C32H28Cl4O2. The van der Waals surface area contributed by atoms with Crippen molar-refractivity contribution in [2.45, 2.75) is 39.5 Å². The van der Waals surface area contributed by atoms with Crippen molar-refractivity contribution in [3.05, 3.63) is 138 Å². The maximum absolute atomic E-state index is 11.3. The van der Waals surface area contributed by atoms with Gasteiger partial charge < -0.3 is 0 Å². The Hall–Kier alpha value is -2.62. The lowest BCUT2D eigenvalue weighted by atomic mass is 9.97. The van der Waals surface area contributed by atoms with Crippen molar-refractivity contribution < 1.29 is 9.59 Å². The number of hydrogen-bond acceptors (Lipinski definition) is 2. The summed E-state index contributed by atoms with van der Waals surface area (Å²) in [7, 11) is 0. The van der Waals surface area contributed by atoms with E-state index in [1.165, 1.54) is 0 Å². The summed E-state index contributed by atoms with van der Waals surface area (Å²) < 4.78 is 0. The topological polar surface area (TPSA) is 34.1 Å². The average molecular weight is 586 g/mol. The Morgan fingerprint density at radius 3 is 1.05 bits per heavy atom. The van der Waals surface area contributed by atoms with Gasteiger partial charge in [-0.1, -0.05) is 107 Å². The van der Waals surface area contributed by atoms with Crippen molar-refractivity contribution >= 4 is 58.0 Å². The Morgan fingerprint density at radius 1 is 0.474 bits per heavy atom. The second kappa shape index (κ2) is 14.5. The number of Topliss-reactive ketones (excluding diaryl/α,β-unsaturated/α-hetero) is 2. The Labute approximate surface area is 244 Å². The fourth-order valence-corrected chi connectivity index (χ4v) is 5.19. The van der Waals surface area contributed by atoms with Crippen LogP contribution in [0.25, 0.3) is 0 Å². The first-order valence-corrected chi connectivity index (χ1v) is 13.6. The number of rotatable bonds is 8. The molecule has 0 spiro atoms. The van der Waals surface area contributed by atoms with E-state index in [4.69, 9.17) is 46.4 Å². The zero-order chi connectivity index (χ0) is 27.7. The van der Waals surface area contributed by atoms with Crippen molar-refractivity contribution in [3.8, 4) is 0 Å². The monoisotopic (exact) mass is 584 g/mol. The second-order valence-electron chi connectivity index (χ2n) is 9.05. The van der Waals surface area contributed by atoms with Gasteiger partial charge in [-0.2, -0.15) is 0 Å². The van der Waals surface area contributed by atoms with Gasteiger partial charge in [0.05, 0.1) is 0 Å². The van der Waals surface area contributed by atoms with Gasteiger partial charge in [-0.25, -0.2) is 0 Å². The Kier molecular flexibility index (Phi) is 11.4. The first kappa shape index (κ1) is 29.9. The zero-order valence-electron chi connectivity index (χ0n) is 21.2. The molecule has 0 aliphatic rings. The minimum atomic E-state index is 0.151. The molecule has 0 N–H and O–H groups in total. The molecule has 0 saturated heterocycles. The van der Waals surface area contributed by atoms with E-state index in [0.717, 1.165) is 33.4 Å². The van der Waals surface area contributed by atoms with Crippen molar-refractivity contribution in [1.29, 1.82) is 0 Å². The summed E-state index contributed by atoms with van der Waals surface area (Å²) in [6.07, 6.45) is 2.17. The molecule has 0 fully saturated rings. The molecule has 0 unspecified atom stereocenters. The van der Waals surface area contributed by atoms with Crippen LogP contribution in [-0.4, -0.2) is 11.6 Å². The normalized spacial score (nSPS) is 10.5. The summed E-state index contributed by atoms with van der Waals surface area (Å²) >= 11 is 24.7. The van der Waals surface area contributed by atoms with Crippen LogP contribution in [0.15, 0.2) is 84.9 Å². The lowest BCUT2D eigenvalue weighted by molar-refractivity contribution is -0.117. The lowest BCUT2D eigenvalue weighted by Crippen LogP contribution is -2.02. The number of benzene rings is 4. The molecule has 196 valence electrons. The molecule has 0 aliphatic heterocycles. The zero-order valence-corrected chi connectivity index (χ0v) is 24.3. The molecule has 0 atom stereocenters. The van der Waals surface area contributed by atoms with E-state index in [9.17, 15) is 9.59 Å². The molecular weight excluding hydrogens is 558 g/mol. The summed E-state index contributed by atoms with van der Waals surface area (Å²) in [6.45, 7) is 3.19. The minimum absolute atomic E-state index is 0.151. The van der Waals surface area contributed by atoms with Crippen LogP contribution in [0.3, 0.4) is 0 Å². The molecule has 0 aliphatic carbocycles. The quantitative estimate of drug-likeness (QED) is 0.206. The maximum atomic E-state index is 11.3. The highest BCUT2D eigenvalue weighted by atomic mass is 35.5. The van der Waals surface area contributed by atoms with Crippen molar-refractivity contribution in [2.75, 3.05) is 0 Å². The number of carbonyl (C=O) groups excluding carboxylic acids is 2. The molecule has 0 saturated carbocycles. The number of halogens is 4. The summed E-state index contributed by atoms with van der Waals surface area (Å²) in [6, 6.07) is 26.8. The van der Waals surface area contributed by atoms with Crippen LogP contribution in [0.4, 0.5) is 0 Å². The van der Waals surface area contributed by atoms with Gasteiger partial charge in [0.25, 0.3) is 0 Å². The summed E-state index contributed by atoms with van der Waals surface area (Å²) in [5.41, 5.74) is 6.06. The Morgan fingerprint density at radius 2 is 0.763 bits per heavy atom. The van der Waals surface area contributed by atoms with Crippen LogP contribution in [0, 0.1) is 0 Å². The fourth-order valence-electron chi connectivity index (χ4n) is 4.12. The summed E-state index contributed by atoms with van der Waals surface area (Å²) in [5.74, 6) is 0.301. The number of carbonyl (C=O) groups is 2. The molecule has 0 aromatic heterocycles. The van der Waals surface area contributed by atoms with E-state index in [2.05, 4.69) is 0 Å². The molecule has 4 aromatic carbocycles. The lowest BCUT2D eigenvalue weighted by Gasteiger charge is -2.11. The molecule has 6 heteroatoms. The van der Waals surface area contributed by atoms with Gasteiger partial charge in [-0.05, 0) is 71.5 Å². The Balaban J connectivity index is 0.000000211. The van der Waals surface area contributed by atoms with E-state index < -0.39 is 0 Å². The van der Waals surface area contributed by atoms with Crippen LogP contribution in [-0.2, 0) is 35.3 Å². The minimum Gasteiger partial charge on any atom is -0.300 e. The van der Waals surface area contributed by atoms with Crippen molar-refractivity contribution in [2.24, 2.45) is 0 Å². The molecule has 4 rings (SSSR count). The third kappa shape index (κ3) is 8.71. The van der Waals surface area contributed by atoms with Crippen LogP contribution in [0.1, 0.15) is 47.2 Å². The molecule has 2 nitrogen and oxygen atoms in total. The highest BCUT2D eigenvalue weighted by Gasteiger charge is 2.11. The third-order valence-electron chi connectivity index (χ3n) is 5.97. The smallest absolute Gasteiger partial charge is 0.134 e. The van der Waals surface area contributed by atoms with Crippen molar-refractivity contribution in [1.82, 2.24) is 0 Å². The first-order valence-electron chi connectivity index (χ1n) is 12.1. The van der Waals surface area contributed by atoms with E-state index in [0.29, 0.717) is 45.8 Å². The fraction of sp³-hybridized carbons (Fsp3) is 0.188. The van der Waals surface area contributed by atoms with Crippen LogP contribution >= 0.6 is 46.4 Å². The SMILES string of the molecule is CC(=O)Cc1ccccc1Cc1c(Cl)cccc1Cl.CC(=O)Cc1ccccc1Cc1c(Cl)cccc1Cl. The van der Waals surface area contributed by atoms with Gasteiger partial charge in [0, 0.05) is 45.8 Å². The van der Waals surface area contributed by atoms with Gasteiger partial charge in [0.1, 0.15) is 11.6 Å². The maximum Gasteiger partial charge on any atom is 0.134 e. The third-order valence-corrected chi connectivity index (χ3v) is 7.39. The van der Waals surface area contributed by atoms with Gasteiger partial charge in [-0.15, -0.1) is 0 Å². The first-order chi connectivity index (χ1) is 18.2. The standard InChI is InChI=1S/2C16H14Cl2O/c2*1-11(19)9-12-5-2-3-6-13(12)10-14-15(17)7-4-8-16(14)18/h2*2-8H,9-10H2,1H3.